The Morgan fingerprint density at radius 3 is 2.78 bits per heavy atom. The normalized spacial score (nSPS) is 17.9. The summed E-state index contributed by atoms with van der Waals surface area (Å²) in [4.78, 5) is 9.05. The zero-order valence-corrected chi connectivity index (χ0v) is 15.5. The van der Waals surface area contributed by atoms with Crippen LogP contribution in [0.5, 0.6) is 0 Å². The van der Waals surface area contributed by atoms with Crippen molar-refractivity contribution in [2.24, 2.45) is 0 Å². The molecule has 1 unspecified atom stereocenters. The molecule has 2 aromatic heterocycles. The van der Waals surface area contributed by atoms with Gasteiger partial charge in [-0.1, -0.05) is 0 Å². The number of pyridine rings is 1. The highest BCUT2D eigenvalue weighted by molar-refractivity contribution is 7.84. The molecule has 1 saturated carbocycles. The van der Waals surface area contributed by atoms with Crippen LogP contribution in [0.3, 0.4) is 0 Å². The first kappa shape index (κ1) is 16.7. The van der Waals surface area contributed by atoms with Gasteiger partial charge in [0, 0.05) is 23.4 Å². The van der Waals surface area contributed by atoms with Crippen LogP contribution in [0.15, 0.2) is 18.3 Å². The third kappa shape index (κ3) is 4.02. The molecular weight excluding hydrogens is 328 g/mol. The first-order valence-corrected chi connectivity index (χ1v) is 9.75. The van der Waals surface area contributed by atoms with E-state index in [-0.39, 0.29) is 10.8 Å². The summed E-state index contributed by atoms with van der Waals surface area (Å²) in [5.41, 5.74) is 2.15. The number of hydrogen-bond donors (Lipinski definition) is 1. The van der Waals surface area contributed by atoms with E-state index >= 15 is 0 Å². The molecule has 0 bridgehead atoms. The third-order valence-electron chi connectivity index (χ3n) is 3.69. The van der Waals surface area contributed by atoms with Crippen LogP contribution in [0.25, 0.3) is 11.4 Å². The fourth-order valence-electron chi connectivity index (χ4n) is 2.11. The molecule has 2 heterocycles. The Kier molecular flexibility index (Phi) is 4.62. The summed E-state index contributed by atoms with van der Waals surface area (Å²) in [6.07, 6.45) is 4.29. The van der Waals surface area contributed by atoms with E-state index in [2.05, 4.69) is 25.1 Å². The topological polar surface area (TPSA) is 67.8 Å². The second-order valence-corrected chi connectivity index (χ2v) is 9.70. The minimum atomic E-state index is -1.13. The van der Waals surface area contributed by atoms with Gasteiger partial charge >= 0.3 is 0 Å². The number of aromatic nitrogens is 3. The minimum absolute atomic E-state index is 0.0916. The molecule has 0 aliphatic heterocycles. The minimum Gasteiger partial charge on any atom is -0.261 e. The summed E-state index contributed by atoms with van der Waals surface area (Å²) >= 11 is 1.36. The predicted molar refractivity (Wildman–Crippen MR) is 94.6 cm³/mol. The van der Waals surface area contributed by atoms with Crippen molar-refractivity contribution in [3.63, 3.8) is 0 Å². The molecule has 7 heteroatoms. The SMILES string of the molecule is C[C@@H](NS(=O)C(C)(C)C)c1nc(-c2ccnc(C3CC3)c2)ns1. The number of nitrogens with one attached hydrogen (secondary N) is 1. The first-order chi connectivity index (χ1) is 10.8. The third-order valence-corrected chi connectivity index (χ3v) is 6.26. The Hall–Kier alpha value is -1.18. The van der Waals surface area contributed by atoms with Crippen LogP contribution in [0.4, 0.5) is 0 Å². The van der Waals surface area contributed by atoms with Crippen LogP contribution in [-0.2, 0) is 11.0 Å². The molecule has 0 radical (unpaired) electrons. The van der Waals surface area contributed by atoms with Crippen LogP contribution in [0, 0.1) is 0 Å². The Balaban J connectivity index is 1.75. The van der Waals surface area contributed by atoms with Gasteiger partial charge in [-0.2, -0.15) is 4.37 Å². The van der Waals surface area contributed by atoms with Gasteiger partial charge in [0.2, 0.25) is 0 Å². The molecule has 1 aliphatic rings. The highest BCUT2D eigenvalue weighted by Crippen LogP contribution is 2.39. The Bertz CT molecular complexity index is 719. The van der Waals surface area contributed by atoms with Crippen molar-refractivity contribution < 1.29 is 4.21 Å². The molecule has 0 aromatic carbocycles. The molecule has 0 spiro atoms. The molecule has 2 aromatic rings. The number of nitrogens with zero attached hydrogens (tertiary/aromatic N) is 3. The molecule has 23 heavy (non-hydrogen) atoms. The first-order valence-electron chi connectivity index (χ1n) is 7.82. The van der Waals surface area contributed by atoms with E-state index in [1.165, 1.54) is 24.4 Å². The molecule has 124 valence electrons. The maximum atomic E-state index is 12.2. The van der Waals surface area contributed by atoms with Gasteiger partial charge in [0.1, 0.15) is 5.01 Å². The van der Waals surface area contributed by atoms with E-state index in [9.17, 15) is 4.21 Å². The van der Waals surface area contributed by atoms with Gasteiger partial charge in [-0.3, -0.25) is 4.98 Å². The fraction of sp³-hybridized carbons (Fsp3) is 0.562. The Morgan fingerprint density at radius 1 is 1.39 bits per heavy atom. The van der Waals surface area contributed by atoms with Gasteiger partial charge < -0.3 is 0 Å². The van der Waals surface area contributed by atoms with E-state index in [0.29, 0.717) is 5.92 Å². The van der Waals surface area contributed by atoms with Crippen molar-refractivity contribution in [2.75, 3.05) is 0 Å². The summed E-state index contributed by atoms with van der Waals surface area (Å²) in [7, 11) is -1.13. The maximum Gasteiger partial charge on any atom is 0.173 e. The van der Waals surface area contributed by atoms with Gasteiger partial charge in [0.05, 0.1) is 21.8 Å². The van der Waals surface area contributed by atoms with Crippen LogP contribution >= 0.6 is 11.5 Å². The lowest BCUT2D eigenvalue weighted by atomic mass is 10.2. The summed E-state index contributed by atoms with van der Waals surface area (Å²) < 4.78 is 19.5. The lowest BCUT2D eigenvalue weighted by Crippen LogP contribution is -2.34. The molecule has 5 nitrogen and oxygen atoms in total. The van der Waals surface area contributed by atoms with E-state index in [1.807, 2.05) is 40.0 Å². The lowest BCUT2D eigenvalue weighted by Gasteiger charge is -2.20. The Labute approximate surface area is 143 Å². The van der Waals surface area contributed by atoms with Crippen LogP contribution < -0.4 is 4.72 Å². The highest BCUT2D eigenvalue weighted by Gasteiger charge is 2.26. The van der Waals surface area contributed by atoms with Crippen molar-refractivity contribution in [3.05, 3.63) is 29.0 Å². The van der Waals surface area contributed by atoms with Gasteiger partial charge in [0.25, 0.3) is 0 Å². The van der Waals surface area contributed by atoms with Crippen molar-refractivity contribution in [1.29, 1.82) is 0 Å². The summed E-state index contributed by atoms with van der Waals surface area (Å²) in [5, 5.41) is 0.849. The van der Waals surface area contributed by atoms with E-state index in [4.69, 9.17) is 0 Å². The average molecular weight is 351 g/mol. The van der Waals surface area contributed by atoms with Crippen LogP contribution in [-0.4, -0.2) is 23.3 Å². The molecule has 2 atom stereocenters. The molecule has 0 saturated heterocycles. The molecular formula is C16H22N4OS2. The fourth-order valence-corrected chi connectivity index (χ4v) is 3.64. The molecule has 1 N–H and O–H groups in total. The quantitative estimate of drug-likeness (QED) is 0.895. The van der Waals surface area contributed by atoms with Gasteiger partial charge in [-0.25, -0.2) is 13.9 Å². The second kappa shape index (κ2) is 6.37. The van der Waals surface area contributed by atoms with E-state index < -0.39 is 11.0 Å². The second-order valence-electron chi connectivity index (χ2n) is 6.92. The van der Waals surface area contributed by atoms with Gasteiger partial charge in [-0.15, -0.1) is 0 Å². The van der Waals surface area contributed by atoms with Gasteiger partial charge in [-0.05, 0) is 64.2 Å². The monoisotopic (exact) mass is 350 g/mol. The smallest absolute Gasteiger partial charge is 0.173 e. The zero-order valence-electron chi connectivity index (χ0n) is 13.9. The average Bonchev–Trinajstić information content (AvgIpc) is 3.23. The van der Waals surface area contributed by atoms with E-state index in [0.717, 1.165) is 22.1 Å². The highest BCUT2D eigenvalue weighted by atomic mass is 32.2. The van der Waals surface area contributed by atoms with Crippen molar-refractivity contribution >= 4 is 22.5 Å². The molecule has 1 fully saturated rings. The number of rotatable bonds is 5. The molecule has 3 rings (SSSR count). The number of hydrogen-bond acceptors (Lipinski definition) is 5. The Morgan fingerprint density at radius 2 is 2.13 bits per heavy atom. The zero-order chi connectivity index (χ0) is 16.6. The standard InChI is InChI=1S/C16H22N4OS2/c1-10(20-23(21)16(2,3)4)15-18-14(19-22-15)12-7-8-17-13(9-12)11-5-6-11/h7-11,20H,5-6H2,1-4H3/t10-,23?/m1/s1. The summed E-state index contributed by atoms with van der Waals surface area (Å²) in [6.45, 7) is 7.82. The van der Waals surface area contributed by atoms with Crippen molar-refractivity contribution in [2.45, 2.75) is 57.2 Å². The molecule has 1 aliphatic carbocycles. The predicted octanol–water partition coefficient (Wildman–Crippen LogP) is 3.59. The van der Waals surface area contributed by atoms with Crippen molar-refractivity contribution in [3.8, 4) is 11.4 Å². The largest absolute Gasteiger partial charge is 0.261 e. The van der Waals surface area contributed by atoms with E-state index in [1.54, 1.807) is 0 Å². The summed E-state index contributed by atoms with van der Waals surface area (Å²) in [6, 6.07) is 3.95. The van der Waals surface area contributed by atoms with Crippen LogP contribution in [0.2, 0.25) is 0 Å². The maximum absolute atomic E-state index is 12.2. The summed E-state index contributed by atoms with van der Waals surface area (Å²) in [5.74, 6) is 1.34. The van der Waals surface area contributed by atoms with Crippen LogP contribution in [0.1, 0.15) is 63.2 Å². The lowest BCUT2D eigenvalue weighted by molar-refractivity contribution is 0.615. The van der Waals surface area contributed by atoms with Crippen molar-refractivity contribution in [1.82, 2.24) is 19.1 Å². The van der Waals surface area contributed by atoms with Gasteiger partial charge in [0.15, 0.2) is 5.82 Å². The molecule has 0 amide bonds.